The van der Waals surface area contributed by atoms with Gasteiger partial charge in [0, 0.05) is 6.07 Å². The lowest BCUT2D eigenvalue weighted by Gasteiger charge is -2.10. The van der Waals surface area contributed by atoms with Crippen LogP contribution in [-0.2, 0) is 0 Å². The molecule has 2 N–H and O–H groups in total. The molecule has 0 fully saturated rings. The second kappa shape index (κ2) is 4.97. The van der Waals surface area contributed by atoms with Crippen molar-refractivity contribution in [2.45, 2.75) is 6.36 Å². The van der Waals surface area contributed by atoms with Gasteiger partial charge in [0.15, 0.2) is 0 Å². The quantitative estimate of drug-likeness (QED) is 0.812. The Bertz CT molecular complexity index is 330. The lowest BCUT2D eigenvalue weighted by molar-refractivity contribution is -0.274. The Balaban J connectivity index is 0.00000196. The minimum atomic E-state index is -4.71. The maximum absolute atomic E-state index is 11.8. The van der Waals surface area contributed by atoms with Crippen molar-refractivity contribution < 1.29 is 22.6 Å². The van der Waals surface area contributed by atoms with E-state index in [4.69, 9.17) is 10.5 Å². The molecule has 0 saturated carbocycles. The van der Waals surface area contributed by atoms with E-state index >= 15 is 0 Å². The van der Waals surface area contributed by atoms with Crippen LogP contribution in [0.25, 0.3) is 0 Å². The van der Waals surface area contributed by atoms with Crippen molar-refractivity contribution in [1.82, 2.24) is 0 Å². The lowest BCUT2D eigenvalue weighted by Crippen LogP contribution is -2.17. The average molecular weight is 244 g/mol. The first-order valence-electron chi connectivity index (χ1n) is 3.61. The summed E-state index contributed by atoms with van der Waals surface area (Å²) < 4.78 is 43.7. The minimum Gasteiger partial charge on any atom is -0.494 e. The molecule has 0 unspecified atom stereocenters. The number of anilines is 1. The molecule has 0 aliphatic rings. The Morgan fingerprint density at radius 1 is 1.27 bits per heavy atom. The number of ether oxygens (including phenoxy) is 2. The second-order valence-electron chi connectivity index (χ2n) is 2.45. The maximum Gasteiger partial charge on any atom is 0.573 e. The lowest BCUT2D eigenvalue weighted by atomic mass is 10.3. The predicted octanol–water partition coefficient (Wildman–Crippen LogP) is 2.60. The number of nitrogens with two attached hydrogens (primary N) is 1. The Hall–Kier alpha value is -1.30. The molecule has 86 valence electrons. The summed E-state index contributed by atoms with van der Waals surface area (Å²) in [6, 6.07) is 3.47. The van der Waals surface area contributed by atoms with Gasteiger partial charge in [0.25, 0.3) is 0 Å². The van der Waals surface area contributed by atoms with Crippen LogP contribution < -0.4 is 15.2 Å². The van der Waals surface area contributed by atoms with Crippen LogP contribution in [0.2, 0.25) is 0 Å². The fraction of sp³-hybridized carbons (Fsp3) is 0.250. The van der Waals surface area contributed by atoms with Crippen LogP contribution in [0, 0.1) is 0 Å². The van der Waals surface area contributed by atoms with Crippen molar-refractivity contribution in [3.63, 3.8) is 0 Å². The van der Waals surface area contributed by atoms with Gasteiger partial charge in [-0.25, -0.2) is 0 Å². The first-order chi connectivity index (χ1) is 6.42. The summed E-state index contributed by atoms with van der Waals surface area (Å²) in [5, 5.41) is 0. The maximum atomic E-state index is 11.8. The van der Waals surface area contributed by atoms with Gasteiger partial charge in [0.1, 0.15) is 11.5 Å². The molecule has 1 rings (SSSR count). The van der Waals surface area contributed by atoms with E-state index in [1.165, 1.54) is 13.2 Å². The van der Waals surface area contributed by atoms with Gasteiger partial charge < -0.3 is 15.2 Å². The molecule has 0 spiro atoms. The van der Waals surface area contributed by atoms with Crippen molar-refractivity contribution in [3.05, 3.63) is 18.2 Å². The van der Waals surface area contributed by atoms with E-state index in [9.17, 15) is 13.2 Å². The topological polar surface area (TPSA) is 44.5 Å². The molecule has 0 aliphatic carbocycles. The highest BCUT2D eigenvalue weighted by Crippen LogP contribution is 2.29. The van der Waals surface area contributed by atoms with E-state index in [1.54, 1.807) is 0 Å². The molecule has 0 amide bonds. The molecule has 7 heteroatoms. The largest absolute Gasteiger partial charge is 0.573 e. The second-order valence-corrected chi connectivity index (χ2v) is 2.45. The molecule has 3 nitrogen and oxygen atoms in total. The zero-order valence-corrected chi connectivity index (χ0v) is 8.48. The zero-order valence-electron chi connectivity index (χ0n) is 7.67. The van der Waals surface area contributed by atoms with E-state index in [0.717, 1.165) is 12.1 Å². The molecule has 0 aliphatic heterocycles. The molecule has 0 radical (unpaired) electrons. The molecule has 0 aromatic heterocycles. The summed E-state index contributed by atoms with van der Waals surface area (Å²) in [4.78, 5) is 0. The van der Waals surface area contributed by atoms with Crippen molar-refractivity contribution in [3.8, 4) is 11.5 Å². The van der Waals surface area contributed by atoms with E-state index < -0.39 is 6.36 Å². The third-order valence-electron chi connectivity index (χ3n) is 1.44. The van der Waals surface area contributed by atoms with Crippen molar-refractivity contribution in [2.75, 3.05) is 12.8 Å². The summed E-state index contributed by atoms with van der Waals surface area (Å²) in [7, 11) is 1.31. The summed E-state index contributed by atoms with van der Waals surface area (Å²) in [5.41, 5.74) is 5.65. The summed E-state index contributed by atoms with van der Waals surface area (Å²) >= 11 is 0. The van der Waals surface area contributed by atoms with Gasteiger partial charge in [-0.05, 0) is 12.1 Å². The fourth-order valence-electron chi connectivity index (χ4n) is 0.889. The van der Waals surface area contributed by atoms with E-state index in [2.05, 4.69) is 4.74 Å². The minimum absolute atomic E-state index is 0. The van der Waals surface area contributed by atoms with Gasteiger partial charge in [-0.1, -0.05) is 0 Å². The van der Waals surface area contributed by atoms with Crippen molar-refractivity contribution >= 4 is 18.1 Å². The molecule has 1 aromatic rings. The van der Waals surface area contributed by atoms with Gasteiger partial charge in [0.2, 0.25) is 0 Å². The highest BCUT2D eigenvalue weighted by Gasteiger charge is 2.31. The van der Waals surface area contributed by atoms with Gasteiger partial charge in [-0.3, -0.25) is 0 Å². The van der Waals surface area contributed by atoms with Gasteiger partial charge in [0.05, 0.1) is 12.8 Å². The number of alkyl halides is 3. The molecular formula is C8H9ClF3NO2. The predicted molar refractivity (Wildman–Crippen MR) is 51.3 cm³/mol. The Kier molecular flexibility index (Phi) is 4.54. The summed E-state index contributed by atoms with van der Waals surface area (Å²) in [6.45, 7) is 0. The number of rotatable bonds is 2. The van der Waals surface area contributed by atoms with Crippen LogP contribution in [0.4, 0.5) is 18.9 Å². The average Bonchev–Trinajstić information content (AvgIpc) is 2.06. The molecule has 1 aromatic carbocycles. The number of hydrogen-bond donors (Lipinski definition) is 1. The Morgan fingerprint density at radius 2 is 1.87 bits per heavy atom. The van der Waals surface area contributed by atoms with Crippen LogP contribution in [-0.4, -0.2) is 13.5 Å². The van der Waals surface area contributed by atoms with Gasteiger partial charge in [-0.15, -0.1) is 25.6 Å². The number of methoxy groups -OCH3 is 1. The number of nitrogen functional groups attached to an aromatic ring is 1. The van der Waals surface area contributed by atoms with Crippen LogP contribution in [0.3, 0.4) is 0 Å². The number of halogens is 4. The smallest absolute Gasteiger partial charge is 0.494 e. The van der Waals surface area contributed by atoms with Gasteiger partial charge in [-0.2, -0.15) is 0 Å². The van der Waals surface area contributed by atoms with Crippen LogP contribution in [0.1, 0.15) is 0 Å². The van der Waals surface area contributed by atoms with E-state index in [0.29, 0.717) is 0 Å². The van der Waals surface area contributed by atoms with Crippen LogP contribution in [0.5, 0.6) is 11.5 Å². The first-order valence-corrected chi connectivity index (χ1v) is 3.61. The normalized spacial score (nSPS) is 10.4. The Labute approximate surface area is 90.4 Å². The molecule has 0 saturated heterocycles. The third-order valence-corrected chi connectivity index (χ3v) is 1.44. The molecule has 0 atom stereocenters. The summed E-state index contributed by atoms with van der Waals surface area (Å²) in [5.74, 6) is -0.213. The standard InChI is InChI=1S/C8H8F3NO2.ClH/c1-13-7-4-5(2-3-6(7)12)14-8(9,10)11;/h2-4H,12H2,1H3;1H. The fourth-order valence-corrected chi connectivity index (χ4v) is 0.889. The van der Waals surface area contributed by atoms with E-state index in [1.807, 2.05) is 0 Å². The van der Waals surface area contributed by atoms with Crippen molar-refractivity contribution in [2.24, 2.45) is 0 Å². The zero-order chi connectivity index (χ0) is 10.8. The molecule has 15 heavy (non-hydrogen) atoms. The number of benzene rings is 1. The molecular weight excluding hydrogens is 235 g/mol. The van der Waals surface area contributed by atoms with Crippen LogP contribution in [0.15, 0.2) is 18.2 Å². The highest BCUT2D eigenvalue weighted by atomic mass is 35.5. The monoisotopic (exact) mass is 243 g/mol. The third kappa shape index (κ3) is 4.16. The van der Waals surface area contributed by atoms with Crippen molar-refractivity contribution in [1.29, 1.82) is 0 Å². The first kappa shape index (κ1) is 13.7. The molecule has 0 bridgehead atoms. The molecule has 0 heterocycles. The van der Waals surface area contributed by atoms with Crippen LogP contribution >= 0.6 is 12.4 Å². The Morgan fingerprint density at radius 3 is 2.33 bits per heavy atom. The SMILES string of the molecule is COc1cc(OC(F)(F)F)ccc1N.Cl. The highest BCUT2D eigenvalue weighted by molar-refractivity contribution is 5.85. The van der Waals surface area contributed by atoms with E-state index in [-0.39, 0.29) is 29.6 Å². The van der Waals surface area contributed by atoms with Gasteiger partial charge >= 0.3 is 6.36 Å². The number of hydrogen-bond acceptors (Lipinski definition) is 3. The summed E-state index contributed by atoms with van der Waals surface area (Å²) in [6.07, 6.45) is -4.71.